The fraction of sp³-hybridized carbons (Fsp3) is 0.174. The van der Waals surface area contributed by atoms with Crippen LogP contribution in [0.25, 0.3) is 0 Å². The molecule has 3 rings (SSSR count). The molecule has 0 aliphatic carbocycles. The third-order valence-corrected chi connectivity index (χ3v) is 5.86. The minimum absolute atomic E-state index is 0.0976. The molecule has 0 atom stereocenters. The van der Waals surface area contributed by atoms with Gasteiger partial charge in [-0.25, -0.2) is 13.1 Å². The van der Waals surface area contributed by atoms with E-state index >= 15 is 0 Å². The zero-order valence-electron chi connectivity index (χ0n) is 17.3. The van der Waals surface area contributed by atoms with Crippen molar-refractivity contribution in [2.24, 2.45) is 0 Å². The summed E-state index contributed by atoms with van der Waals surface area (Å²) in [5, 5.41) is 2.82. The van der Waals surface area contributed by atoms with Crippen LogP contribution in [0.15, 0.2) is 77.7 Å². The first-order chi connectivity index (χ1) is 14.9. The number of anilines is 1. The lowest BCUT2D eigenvalue weighted by Gasteiger charge is -2.09. The van der Waals surface area contributed by atoms with Gasteiger partial charge in [-0.1, -0.05) is 18.2 Å². The van der Waals surface area contributed by atoms with Crippen molar-refractivity contribution in [1.82, 2.24) is 4.72 Å². The molecule has 2 N–H and O–H groups in total. The summed E-state index contributed by atoms with van der Waals surface area (Å²) in [5.74, 6) is 0.944. The monoisotopic (exact) mass is 440 g/mol. The van der Waals surface area contributed by atoms with Crippen molar-refractivity contribution in [2.45, 2.75) is 18.4 Å². The number of rotatable bonds is 9. The van der Waals surface area contributed by atoms with Gasteiger partial charge in [0.2, 0.25) is 10.0 Å². The Balaban J connectivity index is 1.59. The number of amides is 1. The molecule has 0 heterocycles. The van der Waals surface area contributed by atoms with Gasteiger partial charge in [-0.05, 0) is 61.0 Å². The lowest BCUT2D eigenvalue weighted by atomic mass is 10.1. The van der Waals surface area contributed by atoms with Crippen LogP contribution in [0.3, 0.4) is 0 Å². The van der Waals surface area contributed by atoms with Gasteiger partial charge in [-0.3, -0.25) is 4.79 Å². The zero-order chi connectivity index (χ0) is 22.3. The first kappa shape index (κ1) is 22.3. The second-order valence-corrected chi connectivity index (χ2v) is 8.38. The Hall–Kier alpha value is -3.36. The average molecular weight is 441 g/mol. The van der Waals surface area contributed by atoms with Crippen molar-refractivity contribution in [3.63, 3.8) is 0 Å². The second-order valence-electron chi connectivity index (χ2n) is 6.61. The summed E-state index contributed by atoms with van der Waals surface area (Å²) in [6.45, 7) is 2.58. The molecular formula is C23H24N2O5S. The summed E-state index contributed by atoms with van der Waals surface area (Å²) in [6.07, 6.45) is 0. The maximum atomic E-state index is 12.5. The molecule has 0 aromatic heterocycles. The lowest BCUT2D eigenvalue weighted by Crippen LogP contribution is -2.23. The van der Waals surface area contributed by atoms with Crippen molar-refractivity contribution in [1.29, 1.82) is 0 Å². The Labute approximate surface area is 182 Å². The topological polar surface area (TPSA) is 93.7 Å². The summed E-state index contributed by atoms with van der Waals surface area (Å²) in [4.78, 5) is 12.6. The Morgan fingerprint density at radius 3 is 2.29 bits per heavy atom. The number of methoxy groups -OCH3 is 1. The van der Waals surface area contributed by atoms with E-state index < -0.39 is 10.0 Å². The highest BCUT2D eigenvalue weighted by molar-refractivity contribution is 7.89. The average Bonchev–Trinajstić information content (AvgIpc) is 2.79. The first-order valence-corrected chi connectivity index (χ1v) is 11.2. The molecule has 162 valence electrons. The van der Waals surface area contributed by atoms with E-state index in [9.17, 15) is 13.2 Å². The minimum atomic E-state index is -3.69. The summed E-state index contributed by atoms with van der Waals surface area (Å²) < 4.78 is 38.0. The summed E-state index contributed by atoms with van der Waals surface area (Å²) in [5.41, 5.74) is 1.85. The second kappa shape index (κ2) is 10.1. The van der Waals surface area contributed by atoms with Crippen LogP contribution in [-0.2, 0) is 16.6 Å². The van der Waals surface area contributed by atoms with Crippen LogP contribution in [0, 0.1) is 0 Å². The molecule has 0 bridgehead atoms. The van der Waals surface area contributed by atoms with E-state index in [1.807, 2.05) is 6.92 Å². The highest BCUT2D eigenvalue weighted by Crippen LogP contribution is 2.18. The van der Waals surface area contributed by atoms with E-state index in [4.69, 9.17) is 9.47 Å². The molecule has 0 aliphatic heterocycles. The number of hydrogen-bond acceptors (Lipinski definition) is 5. The molecule has 8 heteroatoms. The molecule has 3 aromatic rings. The Kier molecular flexibility index (Phi) is 7.28. The summed E-state index contributed by atoms with van der Waals surface area (Å²) in [6, 6.07) is 20.1. The number of sulfonamides is 1. The van der Waals surface area contributed by atoms with Gasteiger partial charge >= 0.3 is 0 Å². The van der Waals surface area contributed by atoms with E-state index in [0.717, 1.165) is 11.3 Å². The Bertz CT molecular complexity index is 1130. The number of benzene rings is 3. The first-order valence-electron chi connectivity index (χ1n) is 9.68. The van der Waals surface area contributed by atoms with Crippen LogP contribution in [0.4, 0.5) is 5.69 Å². The van der Waals surface area contributed by atoms with Gasteiger partial charge in [0.05, 0.1) is 18.6 Å². The molecule has 0 unspecified atom stereocenters. The van der Waals surface area contributed by atoms with Crippen LogP contribution >= 0.6 is 0 Å². The highest BCUT2D eigenvalue weighted by atomic mass is 32.2. The third kappa shape index (κ3) is 6.07. The molecule has 0 saturated carbocycles. The minimum Gasteiger partial charge on any atom is -0.497 e. The smallest absolute Gasteiger partial charge is 0.255 e. The van der Waals surface area contributed by atoms with E-state index in [2.05, 4.69) is 10.0 Å². The van der Waals surface area contributed by atoms with Gasteiger partial charge in [0.15, 0.2) is 0 Å². The van der Waals surface area contributed by atoms with E-state index in [0.29, 0.717) is 23.6 Å². The lowest BCUT2D eigenvalue weighted by molar-refractivity contribution is 0.102. The van der Waals surface area contributed by atoms with Crippen molar-refractivity contribution < 1.29 is 22.7 Å². The van der Waals surface area contributed by atoms with Gasteiger partial charge in [0.1, 0.15) is 11.5 Å². The van der Waals surface area contributed by atoms with Gasteiger partial charge in [-0.15, -0.1) is 0 Å². The van der Waals surface area contributed by atoms with Crippen molar-refractivity contribution in [3.8, 4) is 11.5 Å². The van der Waals surface area contributed by atoms with Gasteiger partial charge in [0.25, 0.3) is 5.91 Å². The van der Waals surface area contributed by atoms with Crippen LogP contribution in [0.5, 0.6) is 11.5 Å². The van der Waals surface area contributed by atoms with E-state index in [1.54, 1.807) is 60.7 Å². The molecule has 1 amide bonds. The van der Waals surface area contributed by atoms with Gasteiger partial charge in [-0.2, -0.15) is 0 Å². The van der Waals surface area contributed by atoms with Crippen LogP contribution in [-0.4, -0.2) is 28.0 Å². The maximum Gasteiger partial charge on any atom is 0.255 e. The molecule has 0 radical (unpaired) electrons. The summed E-state index contributed by atoms with van der Waals surface area (Å²) >= 11 is 0. The fourth-order valence-corrected chi connectivity index (χ4v) is 3.86. The zero-order valence-corrected chi connectivity index (χ0v) is 18.1. The maximum absolute atomic E-state index is 12.5. The number of carbonyl (C=O) groups is 1. The van der Waals surface area contributed by atoms with E-state index in [1.165, 1.54) is 19.2 Å². The van der Waals surface area contributed by atoms with Gasteiger partial charge < -0.3 is 14.8 Å². The van der Waals surface area contributed by atoms with Crippen molar-refractivity contribution in [2.75, 3.05) is 19.0 Å². The Morgan fingerprint density at radius 2 is 1.65 bits per heavy atom. The van der Waals surface area contributed by atoms with Gasteiger partial charge in [0, 0.05) is 23.9 Å². The van der Waals surface area contributed by atoms with Crippen molar-refractivity contribution >= 4 is 21.6 Å². The molecule has 3 aromatic carbocycles. The highest BCUT2D eigenvalue weighted by Gasteiger charge is 2.14. The van der Waals surface area contributed by atoms with Crippen LogP contribution in [0.1, 0.15) is 22.8 Å². The quantitative estimate of drug-likeness (QED) is 0.528. The van der Waals surface area contributed by atoms with Crippen molar-refractivity contribution in [3.05, 3.63) is 83.9 Å². The van der Waals surface area contributed by atoms with E-state index in [-0.39, 0.29) is 17.3 Å². The predicted molar refractivity (Wildman–Crippen MR) is 119 cm³/mol. The third-order valence-electron chi connectivity index (χ3n) is 4.46. The predicted octanol–water partition coefficient (Wildman–Crippen LogP) is 3.82. The SMILES string of the molecule is CCOc1ccc(NC(=O)c2ccc(CNS(=O)(=O)c3cccc(OC)c3)cc2)cc1. The molecule has 0 fully saturated rings. The summed E-state index contributed by atoms with van der Waals surface area (Å²) in [7, 11) is -2.21. The number of hydrogen-bond donors (Lipinski definition) is 2. The molecule has 7 nitrogen and oxygen atoms in total. The standard InChI is InChI=1S/C23H24N2O5S/c1-3-30-20-13-11-19(12-14-20)25-23(26)18-9-7-17(8-10-18)16-24-31(27,28)22-6-4-5-21(15-22)29-2/h4-15,24H,3,16H2,1-2H3,(H,25,26). The van der Waals surface area contributed by atoms with Crippen LogP contribution in [0.2, 0.25) is 0 Å². The number of nitrogens with one attached hydrogen (secondary N) is 2. The number of carbonyl (C=O) groups excluding carboxylic acids is 1. The molecule has 31 heavy (non-hydrogen) atoms. The largest absolute Gasteiger partial charge is 0.497 e. The Morgan fingerprint density at radius 1 is 0.935 bits per heavy atom. The fourth-order valence-electron chi connectivity index (χ4n) is 2.81. The molecule has 0 spiro atoms. The molecule has 0 saturated heterocycles. The normalized spacial score (nSPS) is 11.0. The number of ether oxygens (including phenoxy) is 2. The molecular weight excluding hydrogens is 416 g/mol. The molecule has 0 aliphatic rings. The van der Waals surface area contributed by atoms with Crippen LogP contribution < -0.4 is 19.5 Å².